The molecule has 112 valence electrons. The van der Waals surface area contributed by atoms with Crippen molar-refractivity contribution in [3.8, 4) is 11.5 Å². The van der Waals surface area contributed by atoms with Gasteiger partial charge in [-0.2, -0.15) is 0 Å². The van der Waals surface area contributed by atoms with Gasteiger partial charge in [-0.25, -0.2) is 0 Å². The lowest BCUT2D eigenvalue weighted by Crippen LogP contribution is -1.99. The molecule has 1 unspecified atom stereocenters. The molecule has 0 aliphatic carbocycles. The lowest BCUT2D eigenvalue weighted by Gasteiger charge is -2.18. The zero-order chi connectivity index (χ0) is 15.6. The molecule has 2 nitrogen and oxygen atoms in total. The van der Waals surface area contributed by atoms with E-state index in [1.54, 1.807) is 14.2 Å². The van der Waals surface area contributed by atoms with Crippen LogP contribution in [0.15, 0.2) is 39.3 Å². The number of halogens is 3. The first-order chi connectivity index (χ1) is 9.99. The van der Waals surface area contributed by atoms with E-state index in [1.165, 1.54) is 0 Å². The third kappa shape index (κ3) is 3.38. The largest absolute Gasteiger partial charge is 0.493 e. The standard InChI is InChI=1S/C16H15Br2ClO2/c1-9-5-4-6-10(15(9)18)16(19)11-7-13(20-2)14(21-3)8-12(11)17/h4-8,16H,1-3H3. The number of hydrogen-bond acceptors (Lipinski definition) is 2. The van der Waals surface area contributed by atoms with Gasteiger partial charge in [0.25, 0.3) is 0 Å². The Hall–Kier alpha value is -0.710. The summed E-state index contributed by atoms with van der Waals surface area (Å²) in [6, 6.07) is 9.82. The van der Waals surface area contributed by atoms with E-state index in [-0.39, 0.29) is 5.38 Å². The molecule has 0 N–H and O–H groups in total. The van der Waals surface area contributed by atoms with Crippen LogP contribution in [-0.2, 0) is 0 Å². The van der Waals surface area contributed by atoms with Crippen LogP contribution < -0.4 is 9.47 Å². The Kier molecular flexibility index (Phi) is 5.58. The molecule has 0 aliphatic rings. The molecule has 2 rings (SSSR count). The van der Waals surface area contributed by atoms with Crippen molar-refractivity contribution in [2.45, 2.75) is 12.3 Å². The molecule has 0 saturated carbocycles. The van der Waals surface area contributed by atoms with Crippen molar-refractivity contribution in [1.29, 1.82) is 0 Å². The van der Waals surface area contributed by atoms with Crippen molar-refractivity contribution in [1.82, 2.24) is 0 Å². The van der Waals surface area contributed by atoms with Crippen LogP contribution in [0.25, 0.3) is 0 Å². The van der Waals surface area contributed by atoms with Crippen LogP contribution in [0.3, 0.4) is 0 Å². The topological polar surface area (TPSA) is 18.5 Å². The zero-order valence-corrected chi connectivity index (χ0v) is 15.8. The smallest absolute Gasteiger partial charge is 0.161 e. The van der Waals surface area contributed by atoms with Gasteiger partial charge >= 0.3 is 0 Å². The van der Waals surface area contributed by atoms with Gasteiger partial charge in [0.15, 0.2) is 11.5 Å². The van der Waals surface area contributed by atoms with E-state index >= 15 is 0 Å². The number of benzene rings is 2. The molecule has 0 heterocycles. The molecule has 2 aromatic rings. The monoisotopic (exact) mass is 432 g/mol. The van der Waals surface area contributed by atoms with Gasteiger partial charge in [-0.05, 0) is 35.7 Å². The quantitative estimate of drug-likeness (QED) is 0.561. The first-order valence-corrected chi connectivity index (χ1v) is 8.32. The van der Waals surface area contributed by atoms with Crippen LogP contribution in [0.2, 0.25) is 0 Å². The molecule has 0 spiro atoms. The molecule has 0 bridgehead atoms. The Labute approximate surface area is 146 Å². The minimum Gasteiger partial charge on any atom is -0.493 e. The fraction of sp³-hybridized carbons (Fsp3) is 0.250. The summed E-state index contributed by atoms with van der Waals surface area (Å²) in [7, 11) is 3.22. The summed E-state index contributed by atoms with van der Waals surface area (Å²) in [5, 5.41) is -0.298. The Bertz CT molecular complexity index is 659. The lowest BCUT2D eigenvalue weighted by atomic mass is 10.0. The maximum Gasteiger partial charge on any atom is 0.161 e. The maximum atomic E-state index is 6.68. The molecule has 0 amide bonds. The molecule has 1 atom stereocenters. The van der Waals surface area contributed by atoms with Gasteiger partial charge < -0.3 is 9.47 Å². The highest BCUT2D eigenvalue weighted by molar-refractivity contribution is 9.10. The average molecular weight is 435 g/mol. The number of ether oxygens (including phenoxy) is 2. The molecule has 0 saturated heterocycles. The number of methoxy groups -OCH3 is 2. The predicted octanol–water partition coefficient (Wildman–Crippen LogP) is 5.87. The van der Waals surface area contributed by atoms with E-state index in [1.807, 2.05) is 37.3 Å². The number of hydrogen-bond donors (Lipinski definition) is 0. The van der Waals surface area contributed by atoms with Gasteiger partial charge in [-0.15, -0.1) is 11.6 Å². The van der Waals surface area contributed by atoms with Gasteiger partial charge in [0, 0.05) is 8.95 Å². The summed E-state index contributed by atoms with van der Waals surface area (Å²) in [5.74, 6) is 1.32. The molecule has 5 heteroatoms. The molecule has 0 fully saturated rings. The van der Waals surface area contributed by atoms with Crippen molar-refractivity contribution in [2.24, 2.45) is 0 Å². The van der Waals surface area contributed by atoms with Crippen LogP contribution in [0.5, 0.6) is 11.5 Å². The van der Waals surface area contributed by atoms with E-state index in [2.05, 4.69) is 31.9 Å². The summed E-state index contributed by atoms with van der Waals surface area (Å²) < 4.78 is 12.6. The molecule has 0 aliphatic heterocycles. The van der Waals surface area contributed by atoms with E-state index in [0.29, 0.717) is 11.5 Å². The maximum absolute atomic E-state index is 6.68. The minimum absolute atomic E-state index is 0.298. The fourth-order valence-electron chi connectivity index (χ4n) is 2.10. The Balaban J connectivity index is 2.53. The SMILES string of the molecule is COc1cc(Br)c(C(Cl)c2cccc(C)c2Br)cc1OC. The summed E-state index contributed by atoms with van der Waals surface area (Å²) in [6.07, 6.45) is 0. The van der Waals surface area contributed by atoms with Gasteiger partial charge in [0.2, 0.25) is 0 Å². The zero-order valence-electron chi connectivity index (χ0n) is 11.9. The summed E-state index contributed by atoms with van der Waals surface area (Å²) in [4.78, 5) is 0. The molecular weight excluding hydrogens is 419 g/mol. The summed E-state index contributed by atoms with van der Waals surface area (Å²) >= 11 is 13.8. The van der Waals surface area contributed by atoms with Crippen LogP contribution >= 0.6 is 43.5 Å². The van der Waals surface area contributed by atoms with Crippen molar-refractivity contribution in [3.63, 3.8) is 0 Å². The summed E-state index contributed by atoms with van der Waals surface area (Å²) in [5.41, 5.74) is 3.10. The molecule has 0 aromatic heterocycles. The van der Waals surface area contributed by atoms with E-state index in [9.17, 15) is 0 Å². The second-order valence-electron chi connectivity index (χ2n) is 4.57. The van der Waals surface area contributed by atoms with Crippen molar-refractivity contribution >= 4 is 43.5 Å². The highest BCUT2D eigenvalue weighted by Crippen LogP contribution is 2.42. The third-order valence-electron chi connectivity index (χ3n) is 3.27. The molecule has 21 heavy (non-hydrogen) atoms. The summed E-state index contributed by atoms with van der Waals surface area (Å²) in [6.45, 7) is 2.04. The highest BCUT2D eigenvalue weighted by atomic mass is 79.9. The van der Waals surface area contributed by atoms with Crippen molar-refractivity contribution < 1.29 is 9.47 Å². The average Bonchev–Trinajstić information content (AvgIpc) is 2.49. The van der Waals surface area contributed by atoms with E-state index < -0.39 is 0 Å². The van der Waals surface area contributed by atoms with Gasteiger partial charge in [-0.1, -0.05) is 50.1 Å². The number of aryl methyl sites for hydroxylation is 1. The van der Waals surface area contributed by atoms with Gasteiger partial charge in [-0.3, -0.25) is 0 Å². The lowest BCUT2D eigenvalue weighted by molar-refractivity contribution is 0.354. The highest BCUT2D eigenvalue weighted by Gasteiger charge is 2.20. The molecule has 0 radical (unpaired) electrons. The van der Waals surface area contributed by atoms with Crippen molar-refractivity contribution in [2.75, 3.05) is 14.2 Å². The molecule has 2 aromatic carbocycles. The van der Waals surface area contributed by atoms with Crippen molar-refractivity contribution in [3.05, 3.63) is 56.0 Å². The van der Waals surface area contributed by atoms with Crippen LogP contribution in [0.4, 0.5) is 0 Å². The van der Waals surface area contributed by atoms with E-state index in [4.69, 9.17) is 21.1 Å². The second-order valence-corrected chi connectivity index (χ2v) is 6.65. The Morgan fingerprint density at radius 2 is 1.62 bits per heavy atom. The van der Waals surface area contributed by atoms with Gasteiger partial charge in [0.05, 0.1) is 19.6 Å². The number of alkyl halides is 1. The normalized spacial score (nSPS) is 12.1. The Morgan fingerprint density at radius 1 is 1.00 bits per heavy atom. The van der Waals surface area contributed by atoms with Crippen LogP contribution in [0.1, 0.15) is 22.1 Å². The number of rotatable bonds is 4. The molecular formula is C16H15Br2ClO2. The van der Waals surface area contributed by atoms with Gasteiger partial charge in [0.1, 0.15) is 0 Å². The third-order valence-corrected chi connectivity index (χ3v) is 5.51. The Morgan fingerprint density at radius 3 is 2.24 bits per heavy atom. The first kappa shape index (κ1) is 16.7. The van der Waals surface area contributed by atoms with Crippen LogP contribution in [-0.4, -0.2) is 14.2 Å². The fourth-order valence-corrected chi connectivity index (χ4v) is 3.77. The second kappa shape index (κ2) is 7.03. The predicted molar refractivity (Wildman–Crippen MR) is 93.8 cm³/mol. The van der Waals surface area contributed by atoms with E-state index in [0.717, 1.165) is 25.6 Å². The minimum atomic E-state index is -0.298. The first-order valence-electron chi connectivity index (χ1n) is 6.30. The van der Waals surface area contributed by atoms with Crippen LogP contribution in [0, 0.1) is 6.92 Å².